The molecule has 1 fully saturated rings. The SMILES string of the molecule is CCNC(=NCC1CCN(CCc2ccccc2)C1)NCCc1cccc(C(=O)N(C)C)c1. The summed E-state index contributed by atoms with van der Waals surface area (Å²) in [6.45, 7) is 7.98. The Morgan fingerprint density at radius 3 is 2.61 bits per heavy atom. The van der Waals surface area contributed by atoms with Crippen molar-refractivity contribution < 1.29 is 4.79 Å². The Hall–Kier alpha value is -2.86. The summed E-state index contributed by atoms with van der Waals surface area (Å²) < 4.78 is 0. The number of amides is 1. The van der Waals surface area contributed by atoms with Crippen molar-refractivity contribution in [2.45, 2.75) is 26.2 Å². The van der Waals surface area contributed by atoms with E-state index in [1.165, 1.54) is 18.5 Å². The quantitative estimate of drug-likeness (QED) is 0.432. The van der Waals surface area contributed by atoms with Crippen molar-refractivity contribution in [1.82, 2.24) is 20.4 Å². The van der Waals surface area contributed by atoms with Crippen molar-refractivity contribution in [1.29, 1.82) is 0 Å². The third-order valence-electron chi connectivity index (χ3n) is 6.07. The smallest absolute Gasteiger partial charge is 0.253 e. The van der Waals surface area contributed by atoms with E-state index in [1.807, 2.05) is 18.2 Å². The number of hydrogen-bond donors (Lipinski definition) is 2. The molecular weight excluding hydrogens is 410 g/mol. The summed E-state index contributed by atoms with van der Waals surface area (Å²) in [4.78, 5) is 21.2. The highest BCUT2D eigenvalue weighted by molar-refractivity contribution is 5.94. The van der Waals surface area contributed by atoms with E-state index in [-0.39, 0.29) is 5.91 Å². The first kappa shape index (κ1) is 24.8. The zero-order valence-corrected chi connectivity index (χ0v) is 20.4. The monoisotopic (exact) mass is 449 g/mol. The molecule has 0 radical (unpaired) electrons. The first-order valence-electron chi connectivity index (χ1n) is 12.1. The highest BCUT2D eigenvalue weighted by atomic mass is 16.2. The van der Waals surface area contributed by atoms with Crippen molar-refractivity contribution in [3.63, 3.8) is 0 Å². The summed E-state index contributed by atoms with van der Waals surface area (Å²) in [5.74, 6) is 1.53. The van der Waals surface area contributed by atoms with Crippen LogP contribution in [0.4, 0.5) is 0 Å². The van der Waals surface area contributed by atoms with E-state index in [2.05, 4.69) is 58.9 Å². The fourth-order valence-corrected chi connectivity index (χ4v) is 4.20. The zero-order valence-electron chi connectivity index (χ0n) is 20.4. The molecule has 1 atom stereocenters. The van der Waals surface area contributed by atoms with E-state index in [9.17, 15) is 4.79 Å². The Morgan fingerprint density at radius 1 is 1.06 bits per heavy atom. The minimum Gasteiger partial charge on any atom is -0.357 e. The Morgan fingerprint density at radius 2 is 1.85 bits per heavy atom. The largest absolute Gasteiger partial charge is 0.357 e. The van der Waals surface area contributed by atoms with Crippen molar-refractivity contribution >= 4 is 11.9 Å². The molecule has 1 saturated heterocycles. The number of nitrogens with zero attached hydrogens (tertiary/aromatic N) is 3. The molecule has 178 valence electrons. The molecule has 1 heterocycles. The molecule has 6 heteroatoms. The van der Waals surface area contributed by atoms with E-state index in [0.717, 1.165) is 62.7 Å². The van der Waals surface area contributed by atoms with Crippen LogP contribution in [0.2, 0.25) is 0 Å². The summed E-state index contributed by atoms with van der Waals surface area (Å²) in [6.07, 6.45) is 3.17. The zero-order chi connectivity index (χ0) is 23.5. The van der Waals surface area contributed by atoms with E-state index in [4.69, 9.17) is 4.99 Å². The first-order valence-corrected chi connectivity index (χ1v) is 12.1. The van der Waals surface area contributed by atoms with Gasteiger partial charge in [0.05, 0.1) is 0 Å². The molecule has 1 aliphatic rings. The standard InChI is InChI=1S/C27H39N5O/c1-4-28-27(29-16-13-23-11-8-12-25(19-23)26(33)31(2)3)30-20-24-15-18-32(21-24)17-14-22-9-6-5-7-10-22/h5-12,19,24H,4,13-18,20-21H2,1-3H3,(H2,28,29,30). The number of aliphatic imine (C=N–C) groups is 1. The summed E-state index contributed by atoms with van der Waals surface area (Å²) in [5, 5.41) is 6.81. The molecule has 1 unspecified atom stereocenters. The predicted octanol–water partition coefficient (Wildman–Crippen LogP) is 3.05. The van der Waals surface area contributed by atoms with Crippen LogP contribution in [0.5, 0.6) is 0 Å². The van der Waals surface area contributed by atoms with Gasteiger partial charge in [0.1, 0.15) is 0 Å². The minimum atomic E-state index is 0.0362. The Kier molecular flexibility index (Phi) is 9.76. The second-order valence-corrected chi connectivity index (χ2v) is 8.99. The maximum Gasteiger partial charge on any atom is 0.253 e. The van der Waals surface area contributed by atoms with Gasteiger partial charge in [-0.05, 0) is 61.9 Å². The number of guanidine groups is 1. The number of likely N-dealkylation sites (tertiary alicyclic amines) is 1. The van der Waals surface area contributed by atoms with Gasteiger partial charge < -0.3 is 20.4 Å². The molecule has 0 bridgehead atoms. The van der Waals surface area contributed by atoms with E-state index < -0.39 is 0 Å². The Labute approximate surface area is 199 Å². The number of hydrogen-bond acceptors (Lipinski definition) is 3. The fourth-order valence-electron chi connectivity index (χ4n) is 4.20. The van der Waals surface area contributed by atoms with Crippen LogP contribution in [0.25, 0.3) is 0 Å². The van der Waals surface area contributed by atoms with Crippen LogP contribution in [0.1, 0.15) is 34.8 Å². The molecule has 6 nitrogen and oxygen atoms in total. The molecule has 3 rings (SSSR count). The van der Waals surface area contributed by atoms with Gasteiger partial charge >= 0.3 is 0 Å². The molecule has 2 N–H and O–H groups in total. The second-order valence-electron chi connectivity index (χ2n) is 8.99. The van der Waals surface area contributed by atoms with Gasteiger partial charge in [-0.2, -0.15) is 0 Å². The van der Waals surface area contributed by atoms with E-state index in [1.54, 1.807) is 19.0 Å². The number of rotatable bonds is 10. The van der Waals surface area contributed by atoms with Crippen molar-refractivity contribution in [2.24, 2.45) is 10.9 Å². The van der Waals surface area contributed by atoms with Crippen LogP contribution in [-0.2, 0) is 12.8 Å². The van der Waals surface area contributed by atoms with Crippen LogP contribution in [0.15, 0.2) is 59.6 Å². The predicted molar refractivity (Wildman–Crippen MR) is 137 cm³/mol. The topological polar surface area (TPSA) is 60.0 Å². The number of carbonyl (C=O) groups excluding carboxylic acids is 1. The minimum absolute atomic E-state index is 0.0362. The van der Waals surface area contributed by atoms with Gasteiger partial charge in [0, 0.05) is 52.4 Å². The van der Waals surface area contributed by atoms with Crippen molar-refractivity contribution in [2.75, 3.05) is 53.4 Å². The average molecular weight is 450 g/mol. The summed E-state index contributed by atoms with van der Waals surface area (Å²) in [7, 11) is 3.56. The lowest BCUT2D eigenvalue weighted by molar-refractivity contribution is 0.0827. The lowest BCUT2D eigenvalue weighted by Gasteiger charge is -2.16. The van der Waals surface area contributed by atoms with Gasteiger partial charge in [0.25, 0.3) is 5.91 Å². The first-order chi connectivity index (χ1) is 16.0. The molecule has 1 aliphatic heterocycles. The summed E-state index contributed by atoms with van der Waals surface area (Å²) >= 11 is 0. The Bertz CT molecular complexity index is 896. The van der Waals surface area contributed by atoms with Crippen molar-refractivity contribution in [3.05, 3.63) is 71.3 Å². The van der Waals surface area contributed by atoms with Crippen LogP contribution >= 0.6 is 0 Å². The number of nitrogens with one attached hydrogen (secondary N) is 2. The lowest BCUT2D eigenvalue weighted by atomic mass is 10.1. The molecular formula is C27H39N5O. The molecule has 1 amide bonds. The fraction of sp³-hybridized carbons (Fsp3) is 0.481. The summed E-state index contributed by atoms with van der Waals surface area (Å²) in [5.41, 5.74) is 3.29. The van der Waals surface area contributed by atoms with Crippen LogP contribution in [-0.4, -0.2) is 75.0 Å². The molecule has 33 heavy (non-hydrogen) atoms. The van der Waals surface area contributed by atoms with Gasteiger partial charge in [-0.1, -0.05) is 42.5 Å². The maximum atomic E-state index is 12.2. The van der Waals surface area contributed by atoms with Gasteiger partial charge in [-0.25, -0.2) is 0 Å². The van der Waals surface area contributed by atoms with Crippen LogP contribution < -0.4 is 10.6 Å². The Balaban J connectivity index is 1.43. The molecule has 2 aromatic rings. The molecule has 0 aliphatic carbocycles. The normalized spacial score (nSPS) is 16.6. The second kappa shape index (κ2) is 13.0. The third kappa shape index (κ3) is 8.21. The average Bonchev–Trinajstić information content (AvgIpc) is 3.29. The lowest BCUT2D eigenvalue weighted by Crippen LogP contribution is -2.38. The van der Waals surface area contributed by atoms with Gasteiger partial charge in [0.2, 0.25) is 0 Å². The molecule has 0 spiro atoms. The van der Waals surface area contributed by atoms with E-state index >= 15 is 0 Å². The van der Waals surface area contributed by atoms with E-state index in [0.29, 0.717) is 5.92 Å². The molecule has 0 saturated carbocycles. The highest BCUT2D eigenvalue weighted by Gasteiger charge is 2.21. The van der Waals surface area contributed by atoms with Crippen LogP contribution in [0, 0.1) is 5.92 Å². The maximum absolute atomic E-state index is 12.2. The summed E-state index contributed by atoms with van der Waals surface area (Å²) in [6, 6.07) is 18.6. The number of benzene rings is 2. The van der Waals surface area contributed by atoms with Gasteiger partial charge in [-0.15, -0.1) is 0 Å². The van der Waals surface area contributed by atoms with Gasteiger partial charge in [0.15, 0.2) is 5.96 Å². The van der Waals surface area contributed by atoms with Crippen LogP contribution in [0.3, 0.4) is 0 Å². The number of carbonyl (C=O) groups is 1. The van der Waals surface area contributed by atoms with Crippen molar-refractivity contribution in [3.8, 4) is 0 Å². The molecule has 2 aromatic carbocycles. The highest BCUT2D eigenvalue weighted by Crippen LogP contribution is 2.17. The van der Waals surface area contributed by atoms with Gasteiger partial charge in [-0.3, -0.25) is 9.79 Å². The third-order valence-corrected chi connectivity index (χ3v) is 6.07. The molecule has 0 aromatic heterocycles.